The highest BCUT2D eigenvalue weighted by Gasteiger charge is 2.37. The molecule has 0 fully saturated rings. The summed E-state index contributed by atoms with van der Waals surface area (Å²) in [5, 5.41) is -0.364. The molecule has 7 heteroatoms. The van der Waals surface area contributed by atoms with Crippen LogP contribution in [-0.2, 0) is 10.9 Å². The minimum atomic E-state index is -3.64. The molecule has 0 saturated carbocycles. The third-order valence-electron chi connectivity index (χ3n) is 1.24. The number of rotatable bonds is 2. The predicted molar refractivity (Wildman–Crippen MR) is 41.3 cm³/mol. The van der Waals surface area contributed by atoms with Crippen LogP contribution in [0, 0.1) is 0 Å². The van der Waals surface area contributed by atoms with E-state index in [0.29, 0.717) is 0 Å². The lowest BCUT2D eigenvalue weighted by molar-refractivity contribution is 0.0550. The average molecular weight is 212 g/mol. The molecule has 1 aromatic heterocycles. The van der Waals surface area contributed by atoms with Crippen molar-refractivity contribution in [2.45, 2.75) is 24.8 Å². The first-order valence-electron chi connectivity index (χ1n) is 3.41. The van der Waals surface area contributed by atoms with Crippen molar-refractivity contribution in [2.75, 3.05) is 0 Å². The van der Waals surface area contributed by atoms with E-state index in [2.05, 4.69) is 26.3 Å². The number of aromatic nitrogens is 2. The summed E-state index contributed by atoms with van der Waals surface area (Å²) in [7, 11) is 0. The van der Waals surface area contributed by atoms with Gasteiger partial charge in [0.1, 0.15) is 0 Å². The Labute approximate surface area is 78.1 Å². The summed E-state index contributed by atoms with van der Waals surface area (Å²) in [6.45, 7) is 3.13. The van der Waals surface area contributed by atoms with Crippen molar-refractivity contribution in [1.82, 2.24) is 10.1 Å². The van der Waals surface area contributed by atoms with Gasteiger partial charge in [-0.15, -0.1) is 0 Å². The third kappa shape index (κ3) is 2.35. The van der Waals surface area contributed by atoms with Crippen molar-refractivity contribution < 1.29 is 13.3 Å². The minimum Gasteiger partial charge on any atom is -0.331 e. The van der Waals surface area contributed by atoms with Crippen molar-refractivity contribution in [2.24, 2.45) is 5.73 Å². The molecule has 74 valence electrons. The van der Waals surface area contributed by atoms with Gasteiger partial charge in [-0.05, 0) is 25.4 Å². The van der Waals surface area contributed by atoms with Gasteiger partial charge in [-0.2, -0.15) is 13.8 Å². The molecular formula is C6H8ClF2N3O. The molecule has 0 amide bonds. The lowest BCUT2D eigenvalue weighted by Gasteiger charge is -2.11. The molecule has 0 aliphatic carbocycles. The quantitative estimate of drug-likeness (QED) is 0.754. The number of alkyl halides is 3. The van der Waals surface area contributed by atoms with Crippen molar-refractivity contribution in [3.05, 3.63) is 11.7 Å². The van der Waals surface area contributed by atoms with Gasteiger partial charge < -0.3 is 10.3 Å². The molecule has 1 aromatic rings. The largest absolute Gasteiger partial charge is 0.400 e. The van der Waals surface area contributed by atoms with Crippen molar-refractivity contribution in [3.8, 4) is 0 Å². The van der Waals surface area contributed by atoms with Crippen LogP contribution < -0.4 is 5.73 Å². The maximum Gasteiger partial charge on any atom is 0.400 e. The van der Waals surface area contributed by atoms with E-state index < -0.39 is 16.8 Å². The topological polar surface area (TPSA) is 64.9 Å². The Bertz CT molecular complexity index is 273. The second kappa shape index (κ2) is 2.88. The monoisotopic (exact) mass is 211 g/mol. The van der Waals surface area contributed by atoms with E-state index in [-0.39, 0.29) is 5.82 Å². The van der Waals surface area contributed by atoms with Gasteiger partial charge in [0.2, 0.25) is 0 Å². The second-order valence-corrected chi connectivity index (χ2v) is 3.62. The molecule has 0 aromatic carbocycles. The summed E-state index contributed by atoms with van der Waals surface area (Å²) in [6.07, 6.45) is 0. The van der Waals surface area contributed by atoms with Gasteiger partial charge in [0.25, 0.3) is 0 Å². The highest BCUT2D eigenvalue weighted by molar-refractivity contribution is 6.21. The summed E-state index contributed by atoms with van der Waals surface area (Å²) >= 11 is 4.65. The van der Waals surface area contributed by atoms with Crippen LogP contribution in [-0.4, -0.2) is 10.1 Å². The van der Waals surface area contributed by atoms with Gasteiger partial charge in [-0.25, -0.2) is 0 Å². The zero-order chi connectivity index (χ0) is 10.3. The van der Waals surface area contributed by atoms with Gasteiger partial charge in [-0.3, -0.25) is 0 Å². The average Bonchev–Trinajstić information content (AvgIpc) is 2.28. The van der Waals surface area contributed by atoms with E-state index in [0.717, 1.165) is 0 Å². The maximum absolute atomic E-state index is 12.4. The minimum absolute atomic E-state index is 0.0113. The molecule has 0 aliphatic heterocycles. The van der Waals surface area contributed by atoms with Gasteiger partial charge in [0.05, 0.1) is 5.54 Å². The van der Waals surface area contributed by atoms with E-state index >= 15 is 0 Å². The Hall–Kier alpha value is -0.750. The summed E-state index contributed by atoms with van der Waals surface area (Å²) in [5.41, 5.74) is 4.61. The molecule has 0 atom stereocenters. The summed E-state index contributed by atoms with van der Waals surface area (Å²) < 4.78 is 29.0. The van der Waals surface area contributed by atoms with Gasteiger partial charge in [0, 0.05) is 0 Å². The fraction of sp³-hybridized carbons (Fsp3) is 0.667. The second-order valence-electron chi connectivity index (χ2n) is 3.14. The molecule has 0 unspecified atom stereocenters. The van der Waals surface area contributed by atoms with Gasteiger partial charge in [-0.1, -0.05) is 5.16 Å². The summed E-state index contributed by atoms with van der Waals surface area (Å²) in [5.74, 6) is -0.953. The first-order chi connectivity index (χ1) is 5.71. The van der Waals surface area contributed by atoms with E-state index in [1.165, 1.54) is 0 Å². The van der Waals surface area contributed by atoms with Crippen LogP contribution in [0.15, 0.2) is 4.52 Å². The Kier molecular flexibility index (Phi) is 2.29. The standard InChI is InChI=1S/C6H8ClF2N3O/c1-5(2,10)3-11-4(13-12-3)6(7,8)9/h10H2,1-2H3. The number of hydrogen-bond donors (Lipinski definition) is 1. The van der Waals surface area contributed by atoms with Crippen molar-refractivity contribution in [1.29, 1.82) is 0 Å². The van der Waals surface area contributed by atoms with Crippen LogP contribution in [0.2, 0.25) is 0 Å². The third-order valence-corrected chi connectivity index (χ3v) is 1.41. The lowest BCUT2D eigenvalue weighted by Crippen LogP contribution is -2.30. The lowest BCUT2D eigenvalue weighted by atomic mass is 10.1. The first-order valence-corrected chi connectivity index (χ1v) is 3.79. The zero-order valence-electron chi connectivity index (χ0n) is 7.01. The van der Waals surface area contributed by atoms with E-state index in [9.17, 15) is 8.78 Å². The maximum atomic E-state index is 12.4. The van der Waals surface area contributed by atoms with Gasteiger partial charge in [0.15, 0.2) is 5.82 Å². The summed E-state index contributed by atoms with van der Waals surface area (Å²) in [4.78, 5) is 3.37. The van der Waals surface area contributed by atoms with Crippen molar-refractivity contribution >= 4 is 11.6 Å². The fourth-order valence-electron chi connectivity index (χ4n) is 0.600. The van der Waals surface area contributed by atoms with E-state index in [1.54, 1.807) is 13.8 Å². The highest BCUT2D eigenvalue weighted by Crippen LogP contribution is 2.31. The van der Waals surface area contributed by atoms with Crippen LogP contribution >= 0.6 is 11.6 Å². The predicted octanol–water partition coefficient (Wildman–Crippen LogP) is 1.55. The van der Waals surface area contributed by atoms with Crippen LogP contribution in [0.5, 0.6) is 0 Å². The van der Waals surface area contributed by atoms with Crippen LogP contribution in [0.25, 0.3) is 0 Å². The number of hydrogen-bond acceptors (Lipinski definition) is 4. The smallest absolute Gasteiger partial charge is 0.331 e. The Balaban J connectivity index is 3.01. The SMILES string of the molecule is CC(C)(N)c1noc(C(F)(F)Cl)n1. The molecule has 1 heterocycles. The highest BCUT2D eigenvalue weighted by atomic mass is 35.5. The van der Waals surface area contributed by atoms with Crippen LogP contribution in [0.3, 0.4) is 0 Å². The number of nitrogens with two attached hydrogens (primary N) is 1. The number of halogens is 3. The normalized spacial score (nSPS) is 13.4. The summed E-state index contributed by atoms with van der Waals surface area (Å²) in [6, 6.07) is 0. The Morgan fingerprint density at radius 3 is 2.23 bits per heavy atom. The Morgan fingerprint density at radius 1 is 1.46 bits per heavy atom. The molecule has 1 rings (SSSR count). The molecule has 2 N–H and O–H groups in total. The fourth-order valence-corrected chi connectivity index (χ4v) is 0.677. The molecule has 0 radical (unpaired) electrons. The van der Waals surface area contributed by atoms with Crippen LogP contribution in [0.1, 0.15) is 25.6 Å². The van der Waals surface area contributed by atoms with E-state index in [4.69, 9.17) is 5.73 Å². The molecule has 4 nitrogen and oxygen atoms in total. The number of nitrogens with zero attached hydrogens (tertiary/aromatic N) is 2. The van der Waals surface area contributed by atoms with Crippen molar-refractivity contribution in [3.63, 3.8) is 0 Å². The molecule has 0 aliphatic rings. The Morgan fingerprint density at radius 2 is 2.00 bits per heavy atom. The van der Waals surface area contributed by atoms with Crippen LogP contribution in [0.4, 0.5) is 8.78 Å². The molecule has 0 saturated heterocycles. The first kappa shape index (κ1) is 10.3. The molecule has 0 spiro atoms. The van der Waals surface area contributed by atoms with E-state index in [1.807, 2.05) is 0 Å². The van der Waals surface area contributed by atoms with Gasteiger partial charge >= 0.3 is 11.3 Å². The molecule has 13 heavy (non-hydrogen) atoms. The zero-order valence-corrected chi connectivity index (χ0v) is 7.77. The molecular weight excluding hydrogens is 204 g/mol. The molecule has 0 bridgehead atoms.